The lowest BCUT2D eigenvalue weighted by Gasteiger charge is -2.16. The predicted molar refractivity (Wildman–Crippen MR) is 137 cm³/mol. The number of aliphatic hydroxyl groups excluding tert-OH is 1. The second-order valence-corrected chi connectivity index (χ2v) is 10.6. The summed E-state index contributed by atoms with van der Waals surface area (Å²) >= 11 is 1.23. The van der Waals surface area contributed by atoms with Crippen molar-refractivity contribution in [2.45, 2.75) is 12.5 Å². The Kier molecular flexibility index (Phi) is 7.58. The normalized spacial score (nSPS) is 12.2. The van der Waals surface area contributed by atoms with Gasteiger partial charge >= 0.3 is 0 Å². The summed E-state index contributed by atoms with van der Waals surface area (Å²) in [6, 6.07) is 11.9. The van der Waals surface area contributed by atoms with Gasteiger partial charge in [-0.2, -0.15) is 0 Å². The molecule has 4 rings (SSSR count). The van der Waals surface area contributed by atoms with Crippen LogP contribution in [0.4, 0.5) is 5.13 Å². The van der Waals surface area contributed by atoms with Gasteiger partial charge in [-0.1, -0.05) is 18.2 Å². The molecule has 0 unspecified atom stereocenters. The first-order valence-electron chi connectivity index (χ1n) is 10.8. The maximum Gasteiger partial charge on any atom is 0.253 e. The number of nitrogens with one attached hydrogen (secondary N) is 2. The molecule has 0 spiro atoms. The SMILES string of the molecule is CS(=O)(=O)n1ccc(C(=O)N[C@@H](CCO)C(=O)Nc2nc(-c3cccc(-c4ccncc4)c3)cs2)c1. The van der Waals surface area contributed by atoms with Crippen molar-refractivity contribution in [3.05, 3.63) is 78.2 Å². The van der Waals surface area contributed by atoms with Crippen molar-refractivity contribution < 1.29 is 23.1 Å². The molecule has 0 aliphatic heterocycles. The van der Waals surface area contributed by atoms with Crippen molar-refractivity contribution in [3.8, 4) is 22.4 Å². The second-order valence-electron chi connectivity index (χ2n) is 7.88. The number of carbonyl (C=O) groups excluding carboxylic acids is 2. The van der Waals surface area contributed by atoms with E-state index in [4.69, 9.17) is 0 Å². The summed E-state index contributed by atoms with van der Waals surface area (Å²) in [4.78, 5) is 33.9. The lowest BCUT2D eigenvalue weighted by molar-refractivity contribution is -0.118. The number of hydrogen-bond acceptors (Lipinski definition) is 8. The predicted octanol–water partition coefficient (Wildman–Crippen LogP) is 2.60. The lowest BCUT2D eigenvalue weighted by Crippen LogP contribution is -2.44. The zero-order valence-corrected chi connectivity index (χ0v) is 20.8. The van der Waals surface area contributed by atoms with Crippen molar-refractivity contribution in [2.24, 2.45) is 0 Å². The van der Waals surface area contributed by atoms with Gasteiger partial charge in [0.15, 0.2) is 5.13 Å². The number of nitrogens with zero attached hydrogens (tertiary/aromatic N) is 3. The number of thiazole rings is 1. The highest BCUT2D eigenvalue weighted by Crippen LogP contribution is 2.28. The first-order valence-corrected chi connectivity index (χ1v) is 13.5. The second kappa shape index (κ2) is 10.8. The van der Waals surface area contributed by atoms with Gasteiger partial charge in [-0.25, -0.2) is 13.4 Å². The van der Waals surface area contributed by atoms with E-state index in [9.17, 15) is 23.1 Å². The van der Waals surface area contributed by atoms with Crippen molar-refractivity contribution >= 4 is 38.3 Å². The minimum absolute atomic E-state index is 0.0312. The fourth-order valence-corrected chi connectivity index (χ4v) is 4.73. The van der Waals surface area contributed by atoms with Crippen molar-refractivity contribution in [1.29, 1.82) is 0 Å². The molecule has 0 fully saturated rings. The van der Waals surface area contributed by atoms with Gasteiger partial charge in [-0.05, 0) is 41.8 Å². The van der Waals surface area contributed by atoms with Crippen LogP contribution in [0.3, 0.4) is 0 Å². The fourth-order valence-electron chi connectivity index (χ4n) is 3.42. The summed E-state index contributed by atoms with van der Waals surface area (Å²) in [7, 11) is -3.54. The van der Waals surface area contributed by atoms with Gasteiger partial charge in [-0.3, -0.25) is 18.5 Å². The van der Waals surface area contributed by atoms with E-state index in [0.29, 0.717) is 10.8 Å². The Balaban J connectivity index is 1.45. The van der Waals surface area contributed by atoms with Gasteiger partial charge in [0.05, 0.1) is 17.5 Å². The molecule has 3 aromatic heterocycles. The molecule has 0 aliphatic carbocycles. The molecule has 10 nitrogen and oxygen atoms in total. The molecule has 186 valence electrons. The Morgan fingerprint density at radius 2 is 1.86 bits per heavy atom. The van der Waals surface area contributed by atoms with Crippen LogP contribution in [-0.4, -0.2) is 58.2 Å². The summed E-state index contributed by atoms with van der Waals surface area (Å²) < 4.78 is 24.2. The third kappa shape index (κ3) is 6.03. The number of aliphatic hydroxyl groups is 1. The van der Waals surface area contributed by atoms with Crippen LogP contribution < -0.4 is 10.6 Å². The summed E-state index contributed by atoms with van der Waals surface area (Å²) in [5.74, 6) is -1.19. The number of anilines is 1. The van der Waals surface area contributed by atoms with Gasteiger partial charge in [0.2, 0.25) is 15.9 Å². The molecule has 1 aromatic carbocycles. The topological polar surface area (TPSA) is 143 Å². The van der Waals surface area contributed by atoms with Crippen molar-refractivity contribution in [2.75, 3.05) is 18.2 Å². The zero-order valence-electron chi connectivity index (χ0n) is 19.2. The highest BCUT2D eigenvalue weighted by Gasteiger charge is 2.23. The van der Waals surface area contributed by atoms with Crippen LogP contribution >= 0.6 is 11.3 Å². The molecule has 3 N–H and O–H groups in total. The van der Waals surface area contributed by atoms with Crippen LogP contribution in [0.25, 0.3) is 22.4 Å². The molecule has 12 heteroatoms. The molecular weight excluding hydrogens is 502 g/mol. The largest absolute Gasteiger partial charge is 0.396 e. The number of pyridine rings is 1. The molecule has 0 saturated heterocycles. The first-order chi connectivity index (χ1) is 17.2. The molecule has 3 heterocycles. The summed E-state index contributed by atoms with van der Waals surface area (Å²) in [6.45, 7) is -0.340. The Bertz CT molecular complexity index is 1480. The number of hydrogen-bond donors (Lipinski definition) is 3. The summed E-state index contributed by atoms with van der Waals surface area (Å²) in [6.07, 6.45) is 6.82. The average Bonchev–Trinajstić information content (AvgIpc) is 3.55. The number of rotatable bonds is 9. The van der Waals surface area contributed by atoms with Gasteiger partial charge in [0.25, 0.3) is 5.91 Å². The minimum atomic E-state index is -3.54. The minimum Gasteiger partial charge on any atom is -0.396 e. The third-order valence-corrected chi connectivity index (χ3v) is 7.01. The molecule has 0 radical (unpaired) electrons. The average molecular weight is 526 g/mol. The van der Waals surface area contributed by atoms with Gasteiger partial charge in [0.1, 0.15) is 6.04 Å². The fraction of sp³-hybridized carbons (Fsp3) is 0.167. The molecule has 0 bridgehead atoms. The van der Waals surface area contributed by atoms with Crippen molar-refractivity contribution in [3.63, 3.8) is 0 Å². The first kappa shape index (κ1) is 25.2. The Morgan fingerprint density at radius 3 is 2.56 bits per heavy atom. The summed E-state index contributed by atoms with van der Waals surface area (Å²) in [5.41, 5.74) is 3.64. The van der Waals surface area contributed by atoms with Gasteiger partial charge in [0, 0.05) is 42.3 Å². The van der Waals surface area contributed by atoms with Crippen molar-refractivity contribution in [1.82, 2.24) is 19.3 Å². The summed E-state index contributed by atoms with van der Waals surface area (Å²) in [5, 5.41) is 16.8. The zero-order chi connectivity index (χ0) is 25.7. The van der Waals surface area contributed by atoms with E-state index in [1.807, 2.05) is 41.8 Å². The molecule has 1 atom stereocenters. The van der Waals surface area contributed by atoms with Crippen LogP contribution in [0.1, 0.15) is 16.8 Å². The van der Waals surface area contributed by atoms with E-state index < -0.39 is 27.9 Å². The van der Waals surface area contributed by atoms with E-state index in [2.05, 4.69) is 20.6 Å². The van der Waals surface area contributed by atoms with Crippen LogP contribution in [-0.2, 0) is 14.8 Å². The maximum absolute atomic E-state index is 12.8. The van der Waals surface area contributed by atoms with E-state index in [1.54, 1.807) is 12.4 Å². The molecule has 36 heavy (non-hydrogen) atoms. The molecular formula is C24H23N5O5S2. The van der Waals surface area contributed by atoms with E-state index in [0.717, 1.165) is 33.1 Å². The van der Waals surface area contributed by atoms with E-state index in [1.165, 1.54) is 23.6 Å². The number of benzene rings is 1. The Labute approximate surface area is 211 Å². The van der Waals surface area contributed by atoms with Gasteiger partial charge < -0.3 is 15.7 Å². The quantitative estimate of drug-likeness (QED) is 0.305. The third-order valence-electron chi connectivity index (χ3n) is 5.26. The van der Waals surface area contributed by atoms with Crippen LogP contribution in [0.15, 0.2) is 72.6 Å². The monoisotopic (exact) mass is 525 g/mol. The molecule has 4 aromatic rings. The smallest absolute Gasteiger partial charge is 0.253 e. The highest BCUT2D eigenvalue weighted by atomic mass is 32.2. The Hall–Kier alpha value is -3.87. The molecule has 0 aliphatic rings. The lowest BCUT2D eigenvalue weighted by atomic mass is 10.0. The maximum atomic E-state index is 12.8. The van der Waals surface area contributed by atoms with Crippen LogP contribution in [0, 0.1) is 0 Å². The number of carbonyl (C=O) groups is 2. The van der Waals surface area contributed by atoms with E-state index >= 15 is 0 Å². The highest BCUT2D eigenvalue weighted by molar-refractivity contribution is 7.89. The molecule has 0 saturated carbocycles. The number of aromatic nitrogens is 3. The van der Waals surface area contributed by atoms with Crippen LogP contribution in [0.2, 0.25) is 0 Å². The Morgan fingerprint density at radius 1 is 1.11 bits per heavy atom. The van der Waals surface area contributed by atoms with Crippen LogP contribution in [0.5, 0.6) is 0 Å². The van der Waals surface area contributed by atoms with Gasteiger partial charge in [-0.15, -0.1) is 11.3 Å². The number of amides is 2. The molecule has 2 amide bonds. The standard InChI is InChI=1S/C24H23N5O5S2/c1-36(33,34)29-11-7-19(14-29)22(31)26-20(8-12-30)23(32)28-24-27-21(15-35-24)18-4-2-3-17(13-18)16-5-9-25-10-6-16/h2-7,9-11,13-15,20,30H,8,12H2,1H3,(H,26,31)(H,27,28,32)/t20-/m0/s1. The van der Waals surface area contributed by atoms with E-state index in [-0.39, 0.29) is 18.6 Å².